The Morgan fingerprint density at radius 2 is 1.03 bits per heavy atom. The minimum Gasteiger partial charge on any atom is -0.480 e. The number of carboxylic acids is 1. The standard InChI is InChI=1S/C39H70N18O11/c1-20(40)34(65)56-16-7-12-26(56)33(64)53-23(9-4-14-48-38(43)44)31(62)55-29(21(2)58)35(66)57-17-6-11-25(57)32(63)51-18-27(59)50-19-28(60)52-22(8-3-13-47-37(41)42)30(61)54-24(36(67)68)10-5-15-49-39(45)46/h20-26,29,58H,3-19,40H2,1-2H3,(H,50,59)(H,51,63)(H,52,60)(H,53,64)(H,54,61)(H,55,62)(H,67,68)(H4,41,42,47)(H4,43,44,48)(H4,45,46,49)/t20-,21-,22-,23-,24+,25-,26-,29+/m0/s1. The molecule has 29 nitrogen and oxygen atoms in total. The summed E-state index contributed by atoms with van der Waals surface area (Å²) in [6.45, 7) is 2.09. The van der Waals surface area contributed by atoms with Gasteiger partial charge in [-0.3, -0.25) is 53.3 Å². The van der Waals surface area contributed by atoms with E-state index in [1.54, 1.807) is 0 Å². The number of guanidine groups is 3. The Balaban J connectivity index is 2.07. The second-order valence-electron chi connectivity index (χ2n) is 16.3. The number of aliphatic hydroxyl groups excluding tert-OH is 1. The SMILES string of the molecule is C[C@H](N)C(=O)N1CCC[C@H]1C(=O)N[C@@H](CCCN=C(N)N)C(=O)N[C@@H](C(=O)N1CCC[C@H]1C(=O)NCC(=O)NCC(=O)N[C@@H](CCCN=C(N)N)C(=O)N[C@H](CCCN=C(N)N)C(=O)O)[C@H](C)O. The summed E-state index contributed by atoms with van der Waals surface area (Å²) in [6, 6.07) is -8.35. The number of nitrogens with zero attached hydrogens (tertiary/aromatic N) is 5. The number of aliphatic hydroxyl groups is 1. The zero-order valence-corrected chi connectivity index (χ0v) is 38.5. The number of amides is 8. The molecule has 68 heavy (non-hydrogen) atoms. The van der Waals surface area contributed by atoms with Crippen LogP contribution < -0.4 is 72.0 Å². The van der Waals surface area contributed by atoms with Crippen LogP contribution in [0, 0.1) is 0 Å². The first-order valence-corrected chi connectivity index (χ1v) is 22.2. The fraction of sp³-hybridized carbons (Fsp3) is 0.692. The zero-order chi connectivity index (χ0) is 51.1. The summed E-state index contributed by atoms with van der Waals surface area (Å²) in [5.74, 6) is -7.89. The van der Waals surface area contributed by atoms with Gasteiger partial charge in [0.05, 0.1) is 25.2 Å². The van der Waals surface area contributed by atoms with Crippen molar-refractivity contribution in [1.29, 1.82) is 0 Å². The summed E-state index contributed by atoms with van der Waals surface area (Å²) in [7, 11) is 0. The highest BCUT2D eigenvalue weighted by molar-refractivity contribution is 5.97. The molecule has 0 spiro atoms. The van der Waals surface area contributed by atoms with Gasteiger partial charge in [-0.2, -0.15) is 0 Å². The molecule has 8 atom stereocenters. The van der Waals surface area contributed by atoms with Crippen LogP contribution in [-0.2, 0) is 43.2 Å². The average molecular weight is 967 g/mol. The van der Waals surface area contributed by atoms with Crippen LogP contribution in [0.4, 0.5) is 0 Å². The summed E-state index contributed by atoms with van der Waals surface area (Å²) in [6.07, 6.45) is 0.436. The second kappa shape index (κ2) is 28.9. The summed E-state index contributed by atoms with van der Waals surface area (Å²) in [5.41, 5.74) is 37.9. The molecular weight excluding hydrogens is 897 g/mol. The van der Waals surface area contributed by atoms with E-state index in [4.69, 9.17) is 40.1 Å². The van der Waals surface area contributed by atoms with Gasteiger partial charge in [0, 0.05) is 32.7 Å². The highest BCUT2D eigenvalue weighted by atomic mass is 16.4. The van der Waals surface area contributed by atoms with Crippen molar-refractivity contribution in [3.05, 3.63) is 0 Å². The van der Waals surface area contributed by atoms with Gasteiger partial charge in [-0.25, -0.2) is 4.79 Å². The number of likely N-dealkylation sites (tertiary alicyclic amines) is 2. The number of nitrogens with one attached hydrogen (secondary N) is 6. The molecule has 0 aliphatic carbocycles. The van der Waals surface area contributed by atoms with Crippen molar-refractivity contribution in [2.75, 3.05) is 45.8 Å². The maximum atomic E-state index is 13.9. The molecule has 0 unspecified atom stereocenters. The molecule has 29 heteroatoms. The number of aliphatic carboxylic acids is 1. The molecule has 2 rings (SSSR count). The Labute approximate surface area is 393 Å². The van der Waals surface area contributed by atoms with E-state index in [1.165, 1.54) is 18.7 Å². The third-order valence-electron chi connectivity index (χ3n) is 10.7. The Kier molecular flexibility index (Phi) is 24.2. The molecule has 0 bridgehead atoms. The van der Waals surface area contributed by atoms with Crippen molar-refractivity contribution >= 4 is 71.1 Å². The van der Waals surface area contributed by atoms with Crippen LogP contribution in [0.2, 0.25) is 0 Å². The number of hydrogen-bond acceptors (Lipinski definition) is 14. The van der Waals surface area contributed by atoms with E-state index >= 15 is 0 Å². The second-order valence-corrected chi connectivity index (χ2v) is 16.3. The summed E-state index contributed by atoms with van der Waals surface area (Å²) >= 11 is 0. The molecule has 0 aromatic heterocycles. The van der Waals surface area contributed by atoms with E-state index in [0.29, 0.717) is 25.8 Å². The van der Waals surface area contributed by atoms with Gasteiger partial charge in [0.2, 0.25) is 47.3 Å². The van der Waals surface area contributed by atoms with Gasteiger partial charge < -0.3 is 92.0 Å². The van der Waals surface area contributed by atoms with Gasteiger partial charge in [0.25, 0.3) is 0 Å². The normalized spacial score (nSPS) is 17.9. The van der Waals surface area contributed by atoms with Crippen LogP contribution in [0.3, 0.4) is 0 Å². The van der Waals surface area contributed by atoms with Gasteiger partial charge >= 0.3 is 5.97 Å². The lowest BCUT2D eigenvalue weighted by Gasteiger charge is -2.31. The number of hydrogen-bond donors (Lipinski definition) is 15. The molecule has 0 saturated carbocycles. The molecule has 8 amide bonds. The molecular formula is C39H70N18O11. The van der Waals surface area contributed by atoms with Crippen LogP contribution in [0.25, 0.3) is 0 Å². The molecule has 2 aliphatic rings. The van der Waals surface area contributed by atoms with Crippen LogP contribution >= 0.6 is 0 Å². The van der Waals surface area contributed by atoms with Crippen LogP contribution in [-0.4, -0.2) is 185 Å². The molecule has 2 fully saturated rings. The minimum atomic E-state index is -1.58. The molecule has 0 aromatic rings. The highest BCUT2D eigenvalue weighted by Crippen LogP contribution is 2.21. The lowest BCUT2D eigenvalue weighted by atomic mass is 10.1. The van der Waals surface area contributed by atoms with Crippen molar-refractivity contribution in [3.8, 4) is 0 Å². The van der Waals surface area contributed by atoms with Crippen molar-refractivity contribution in [2.24, 2.45) is 55.1 Å². The Hall–Kier alpha value is -7.04. The van der Waals surface area contributed by atoms with Crippen LogP contribution in [0.5, 0.6) is 0 Å². The largest absolute Gasteiger partial charge is 0.480 e. The first-order valence-electron chi connectivity index (χ1n) is 22.2. The summed E-state index contributed by atoms with van der Waals surface area (Å²) in [4.78, 5) is 132. The van der Waals surface area contributed by atoms with E-state index in [0.717, 1.165) is 4.90 Å². The number of carboxylic acid groups (broad SMARTS) is 1. The Morgan fingerprint density at radius 3 is 1.50 bits per heavy atom. The van der Waals surface area contributed by atoms with Crippen molar-refractivity contribution in [1.82, 2.24) is 41.7 Å². The van der Waals surface area contributed by atoms with Crippen molar-refractivity contribution in [2.45, 2.75) is 126 Å². The first kappa shape index (κ1) is 57.1. The number of aliphatic imine (C=N–C) groups is 3. The van der Waals surface area contributed by atoms with Gasteiger partial charge in [0.1, 0.15) is 36.3 Å². The topological polar surface area (TPSA) is 492 Å². The minimum absolute atomic E-state index is 0.00499. The smallest absolute Gasteiger partial charge is 0.326 e. The molecule has 0 radical (unpaired) electrons. The molecule has 2 aliphatic heterocycles. The quantitative estimate of drug-likeness (QED) is 0.0197. The fourth-order valence-electron chi connectivity index (χ4n) is 7.31. The maximum absolute atomic E-state index is 13.9. The molecule has 382 valence electrons. The molecule has 22 N–H and O–H groups in total. The summed E-state index contributed by atoms with van der Waals surface area (Å²) in [5, 5.41) is 35.1. The Bertz CT molecular complexity index is 1870. The zero-order valence-electron chi connectivity index (χ0n) is 38.5. The number of carbonyl (C=O) groups excluding carboxylic acids is 8. The van der Waals surface area contributed by atoms with Gasteiger partial charge in [-0.15, -0.1) is 0 Å². The number of carbonyl (C=O) groups is 9. The van der Waals surface area contributed by atoms with E-state index in [9.17, 15) is 53.4 Å². The monoisotopic (exact) mass is 967 g/mol. The van der Waals surface area contributed by atoms with E-state index in [1.807, 2.05) is 0 Å². The Morgan fingerprint density at radius 1 is 0.588 bits per heavy atom. The molecule has 0 aromatic carbocycles. The number of nitrogens with two attached hydrogens (primary N) is 7. The lowest BCUT2D eigenvalue weighted by Crippen LogP contribution is -2.60. The van der Waals surface area contributed by atoms with Crippen molar-refractivity contribution in [3.63, 3.8) is 0 Å². The van der Waals surface area contributed by atoms with Gasteiger partial charge in [-0.05, 0) is 78.1 Å². The maximum Gasteiger partial charge on any atom is 0.326 e. The predicted molar refractivity (Wildman–Crippen MR) is 246 cm³/mol. The third kappa shape index (κ3) is 19.8. The summed E-state index contributed by atoms with van der Waals surface area (Å²) < 4.78 is 0. The van der Waals surface area contributed by atoms with Crippen LogP contribution in [0.15, 0.2) is 15.0 Å². The fourth-order valence-corrected chi connectivity index (χ4v) is 7.31. The average Bonchev–Trinajstić information content (AvgIpc) is 3.97. The van der Waals surface area contributed by atoms with Gasteiger partial charge in [0.15, 0.2) is 17.9 Å². The highest BCUT2D eigenvalue weighted by Gasteiger charge is 2.41. The van der Waals surface area contributed by atoms with E-state index in [-0.39, 0.29) is 89.0 Å². The predicted octanol–water partition coefficient (Wildman–Crippen LogP) is -7.89. The van der Waals surface area contributed by atoms with E-state index < -0.39 is 115 Å². The van der Waals surface area contributed by atoms with E-state index in [2.05, 4.69) is 46.9 Å². The molecule has 2 saturated heterocycles. The first-order chi connectivity index (χ1) is 32.0. The molecule has 2 heterocycles. The third-order valence-corrected chi connectivity index (χ3v) is 10.7. The van der Waals surface area contributed by atoms with Gasteiger partial charge in [-0.1, -0.05) is 0 Å². The van der Waals surface area contributed by atoms with Crippen molar-refractivity contribution < 1.29 is 53.4 Å². The lowest BCUT2D eigenvalue weighted by molar-refractivity contribution is -0.144. The number of rotatable bonds is 28. The van der Waals surface area contributed by atoms with Crippen LogP contribution in [0.1, 0.15) is 78.1 Å².